The number of hydrogen-bond acceptors (Lipinski definition) is 5. The van der Waals surface area contributed by atoms with Gasteiger partial charge >= 0.3 is 0 Å². The van der Waals surface area contributed by atoms with Crippen molar-refractivity contribution >= 4 is 11.6 Å². The predicted octanol–water partition coefficient (Wildman–Crippen LogP) is 3.39. The molecule has 0 N–H and O–H groups in total. The van der Waals surface area contributed by atoms with Crippen LogP contribution in [0.3, 0.4) is 0 Å². The first kappa shape index (κ1) is 15.4. The summed E-state index contributed by atoms with van der Waals surface area (Å²) >= 11 is 6.06. The molecular weight excluding hydrogens is 292 g/mol. The highest BCUT2D eigenvalue weighted by molar-refractivity contribution is 6.29. The lowest BCUT2D eigenvalue weighted by Crippen LogP contribution is -2.00. The van der Waals surface area contributed by atoms with Gasteiger partial charge in [0.05, 0.1) is 26.9 Å². The zero-order valence-corrected chi connectivity index (χ0v) is 13.2. The van der Waals surface area contributed by atoms with Gasteiger partial charge in [-0.25, -0.2) is 9.97 Å². The minimum atomic E-state index is 0.397. The van der Waals surface area contributed by atoms with Crippen molar-refractivity contribution in [2.24, 2.45) is 0 Å². The Labute approximate surface area is 128 Å². The molecule has 0 saturated heterocycles. The summed E-state index contributed by atoms with van der Waals surface area (Å²) in [6, 6.07) is 5.36. The Morgan fingerprint density at radius 3 is 2.29 bits per heavy atom. The van der Waals surface area contributed by atoms with E-state index in [1.54, 1.807) is 33.5 Å². The van der Waals surface area contributed by atoms with E-state index in [-0.39, 0.29) is 0 Å². The maximum atomic E-state index is 6.06. The van der Waals surface area contributed by atoms with Crippen LogP contribution >= 0.6 is 11.6 Å². The van der Waals surface area contributed by atoms with Crippen molar-refractivity contribution in [1.82, 2.24) is 9.97 Å². The summed E-state index contributed by atoms with van der Waals surface area (Å²) < 4.78 is 16.1. The number of methoxy groups -OCH3 is 3. The molecule has 1 heterocycles. The standard InChI is InChI=1S/C15H17ClN2O3/c1-5-9-8-12(16)18-15(17-9)10-6-7-11(19-2)14(21-4)13(10)20-3/h6-8H,5H2,1-4H3. The largest absolute Gasteiger partial charge is 0.493 e. The summed E-state index contributed by atoms with van der Waals surface area (Å²) in [6.45, 7) is 2.01. The van der Waals surface area contributed by atoms with E-state index in [9.17, 15) is 0 Å². The molecule has 0 bridgehead atoms. The molecule has 6 heteroatoms. The molecule has 0 spiro atoms. The third kappa shape index (κ3) is 3.03. The van der Waals surface area contributed by atoms with Crippen molar-refractivity contribution in [3.05, 3.63) is 29.0 Å². The Balaban J connectivity index is 2.66. The van der Waals surface area contributed by atoms with E-state index in [0.717, 1.165) is 12.1 Å². The van der Waals surface area contributed by atoms with Crippen molar-refractivity contribution in [1.29, 1.82) is 0 Å². The molecule has 1 aromatic carbocycles. The quantitative estimate of drug-likeness (QED) is 0.793. The highest BCUT2D eigenvalue weighted by Gasteiger charge is 2.19. The first-order chi connectivity index (χ1) is 10.1. The summed E-state index contributed by atoms with van der Waals surface area (Å²) in [5.74, 6) is 2.09. The van der Waals surface area contributed by atoms with E-state index in [0.29, 0.717) is 33.8 Å². The lowest BCUT2D eigenvalue weighted by molar-refractivity contribution is 0.325. The molecule has 0 atom stereocenters. The van der Waals surface area contributed by atoms with E-state index < -0.39 is 0 Å². The van der Waals surface area contributed by atoms with Crippen LogP contribution in [0.1, 0.15) is 12.6 Å². The Morgan fingerprint density at radius 1 is 1.00 bits per heavy atom. The van der Waals surface area contributed by atoms with E-state index in [4.69, 9.17) is 25.8 Å². The minimum absolute atomic E-state index is 0.397. The van der Waals surface area contributed by atoms with E-state index in [1.165, 1.54) is 0 Å². The van der Waals surface area contributed by atoms with E-state index in [2.05, 4.69) is 9.97 Å². The van der Waals surface area contributed by atoms with E-state index >= 15 is 0 Å². The molecular formula is C15H17ClN2O3. The van der Waals surface area contributed by atoms with Crippen LogP contribution in [0.2, 0.25) is 5.15 Å². The third-order valence-electron chi connectivity index (χ3n) is 3.06. The second kappa shape index (κ2) is 6.63. The fourth-order valence-corrected chi connectivity index (χ4v) is 2.25. The molecule has 0 radical (unpaired) electrons. The third-order valence-corrected chi connectivity index (χ3v) is 3.25. The SMILES string of the molecule is CCc1cc(Cl)nc(-c2ccc(OC)c(OC)c2OC)n1. The molecule has 0 unspecified atom stereocenters. The Morgan fingerprint density at radius 2 is 1.71 bits per heavy atom. The number of hydrogen-bond donors (Lipinski definition) is 0. The molecule has 5 nitrogen and oxygen atoms in total. The Hall–Kier alpha value is -2.01. The number of aromatic nitrogens is 2. The number of aryl methyl sites for hydroxylation is 1. The van der Waals surface area contributed by atoms with Crippen molar-refractivity contribution in [3.63, 3.8) is 0 Å². The fraction of sp³-hybridized carbons (Fsp3) is 0.333. The highest BCUT2D eigenvalue weighted by atomic mass is 35.5. The number of halogens is 1. The van der Waals surface area contributed by atoms with E-state index in [1.807, 2.05) is 13.0 Å². The van der Waals surface area contributed by atoms with Crippen molar-refractivity contribution in [2.45, 2.75) is 13.3 Å². The molecule has 0 fully saturated rings. The van der Waals surface area contributed by atoms with Crippen LogP contribution in [0.4, 0.5) is 0 Å². The number of rotatable bonds is 5. The van der Waals surface area contributed by atoms with Gasteiger partial charge in [0, 0.05) is 5.69 Å². The summed E-state index contributed by atoms with van der Waals surface area (Å²) in [7, 11) is 4.69. The molecule has 0 amide bonds. The van der Waals surface area contributed by atoms with Gasteiger partial charge in [-0.3, -0.25) is 0 Å². The van der Waals surface area contributed by atoms with Crippen LogP contribution in [0, 0.1) is 0 Å². The lowest BCUT2D eigenvalue weighted by atomic mass is 10.1. The van der Waals surface area contributed by atoms with Crippen LogP contribution in [-0.2, 0) is 6.42 Å². The second-order valence-corrected chi connectivity index (χ2v) is 4.63. The Kier molecular flexibility index (Phi) is 4.85. The second-order valence-electron chi connectivity index (χ2n) is 4.24. The normalized spacial score (nSPS) is 10.3. The average Bonchev–Trinajstić information content (AvgIpc) is 2.52. The van der Waals surface area contributed by atoms with Gasteiger partial charge in [0.25, 0.3) is 0 Å². The van der Waals surface area contributed by atoms with Crippen molar-refractivity contribution < 1.29 is 14.2 Å². The van der Waals surface area contributed by atoms with Crippen LogP contribution in [0.5, 0.6) is 17.2 Å². The number of nitrogens with zero attached hydrogens (tertiary/aromatic N) is 2. The van der Waals surface area contributed by atoms with Gasteiger partial charge in [-0.05, 0) is 24.6 Å². The van der Waals surface area contributed by atoms with Gasteiger partial charge in [0.1, 0.15) is 5.15 Å². The average molecular weight is 309 g/mol. The Bertz CT molecular complexity index is 647. The first-order valence-corrected chi connectivity index (χ1v) is 6.85. The monoisotopic (exact) mass is 308 g/mol. The number of ether oxygens (including phenoxy) is 3. The van der Waals surface area contributed by atoms with Crippen molar-refractivity contribution in [3.8, 4) is 28.6 Å². The summed E-state index contributed by atoms with van der Waals surface area (Å²) in [5, 5.41) is 0.397. The summed E-state index contributed by atoms with van der Waals surface area (Å²) in [5.41, 5.74) is 1.56. The van der Waals surface area contributed by atoms with Gasteiger partial charge in [0.15, 0.2) is 17.3 Å². The molecule has 2 rings (SSSR count). The molecule has 0 aliphatic rings. The van der Waals surface area contributed by atoms with Gasteiger partial charge in [-0.15, -0.1) is 0 Å². The minimum Gasteiger partial charge on any atom is -0.493 e. The first-order valence-electron chi connectivity index (χ1n) is 6.47. The van der Waals surface area contributed by atoms with Crippen molar-refractivity contribution in [2.75, 3.05) is 21.3 Å². The zero-order chi connectivity index (χ0) is 15.4. The van der Waals surface area contributed by atoms with Gasteiger partial charge in [0.2, 0.25) is 5.75 Å². The lowest BCUT2D eigenvalue weighted by Gasteiger charge is -2.15. The topological polar surface area (TPSA) is 53.5 Å². The molecule has 1 aromatic heterocycles. The van der Waals surface area contributed by atoms with Crippen LogP contribution in [-0.4, -0.2) is 31.3 Å². The molecule has 0 aliphatic heterocycles. The highest BCUT2D eigenvalue weighted by Crippen LogP contribution is 2.43. The van der Waals surface area contributed by atoms with Gasteiger partial charge in [-0.2, -0.15) is 0 Å². The maximum Gasteiger partial charge on any atom is 0.204 e. The van der Waals surface area contributed by atoms with Gasteiger partial charge in [-0.1, -0.05) is 18.5 Å². The van der Waals surface area contributed by atoms with Crippen LogP contribution in [0.15, 0.2) is 18.2 Å². The molecule has 0 saturated carbocycles. The fourth-order valence-electron chi connectivity index (χ4n) is 2.04. The molecule has 2 aromatic rings. The van der Waals surface area contributed by atoms with Crippen LogP contribution < -0.4 is 14.2 Å². The molecule has 21 heavy (non-hydrogen) atoms. The number of benzene rings is 1. The van der Waals surface area contributed by atoms with Gasteiger partial charge < -0.3 is 14.2 Å². The zero-order valence-electron chi connectivity index (χ0n) is 12.4. The van der Waals surface area contributed by atoms with Crippen LogP contribution in [0.25, 0.3) is 11.4 Å². The maximum absolute atomic E-state index is 6.06. The molecule has 112 valence electrons. The smallest absolute Gasteiger partial charge is 0.204 e. The molecule has 0 aliphatic carbocycles. The summed E-state index contributed by atoms with van der Waals surface area (Å²) in [4.78, 5) is 8.76. The predicted molar refractivity (Wildman–Crippen MR) is 81.5 cm³/mol. The summed E-state index contributed by atoms with van der Waals surface area (Å²) in [6.07, 6.45) is 0.769.